The third-order valence-corrected chi connectivity index (χ3v) is 3.04. The van der Waals surface area contributed by atoms with Crippen molar-refractivity contribution < 1.29 is 9.90 Å². The number of carbonyl (C=O) groups is 1. The fourth-order valence-electron chi connectivity index (χ4n) is 1.14. The van der Waals surface area contributed by atoms with Crippen LogP contribution in [0.25, 0.3) is 0 Å². The maximum atomic E-state index is 10.7. The van der Waals surface area contributed by atoms with Crippen molar-refractivity contribution in [3.63, 3.8) is 0 Å². The molecule has 1 aromatic carbocycles. The molecule has 0 spiro atoms. The van der Waals surface area contributed by atoms with Crippen LogP contribution in [0.1, 0.15) is 10.4 Å². The minimum absolute atomic E-state index is 0.280. The van der Waals surface area contributed by atoms with Gasteiger partial charge in [0, 0.05) is 11.9 Å². The van der Waals surface area contributed by atoms with E-state index in [1.807, 2.05) is 7.05 Å². The molecule has 0 fully saturated rings. The molecular formula is C10H9N3O2S. The molecule has 0 unspecified atom stereocenters. The Balaban J connectivity index is 2.17. The zero-order chi connectivity index (χ0) is 11.5. The fourth-order valence-corrected chi connectivity index (χ4v) is 1.90. The van der Waals surface area contributed by atoms with Gasteiger partial charge in [-0.15, -0.1) is 10.2 Å². The molecule has 0 radical (unpaired) electrons. The Morgan fingerprint density at radius 3 is 2.56 bits per heavy atom. The molecule has 0 bridgehead atoms. The number of nitrogens with zero attached hydrogens (tertiary/aromatic N) is 3. The van der Waals surface area contributed by atoms with Gasteiger partial charge in [-0.05, 0) is 36.0 Å². The van der Waals surface area contributed by atoms with Crippen molar-refractivity contribution in [3.05, 3.63) is 36.2 Å². The molecule has 1 N–H and O–H groups in total. The zero-order valence-electron chi connectivity index (χ0n) is 8.49. The highest BCUT2D eigenvalue weighted by molar-refractivity contribution is 7.99. The monoisotopic (exact) mass is 235 g/mol. The summed E-state index contributed by atoms with van der Waals surface area (Å²) in [4.78, 5) is 11.6. The van der Waals surface area contributed by atoms with Crippen LogP contribution in [-0.2, 0) is 7.05 Å². The van der Waals surface area contributed by atoms with E-state index in [1.165, 1.54) is 11.8 Å². The standard InChI is InChI=1S/C10H9N3O2S/c1-13-6-11-12-10(13)16-8-4-2-7(3-5-8)9(14)15/h2-6H,1H3,(H,14,15). The second-order valence-electron chi connectivity index (χ2n) is 3.16. The van der Waals surface area contributed by atoms with E-state index in [2.05, 4.69) is 10.2 Å². The average Bonchev–Trinajstić information content (AvgIpc) is 2.65. The van der Waals surface area contributed by atoms with E-state index in [1.54, 1.807) is 35.2 Å². The summed E-state index contributed by atoms with van der Waals surface area (Å²) in [5, 5.41) is 17.2. The quantitative estimate of drug-likeness (QED) is 0.876. The molecule has 2 aromatic rings. The maximum Gasteiger partial charge on any atom is 0.335 e. The molecule has 0 aliphatic rings. The predicted molar refractivity (Wildman–Crippen MR) is 58.5 cm³/mol. The summed E-state index contributed by atoms with van der Waals surface area (Å²) in [5.41, 5.74) is 0.280. The Kier molecular flexibility index (Phi) is 2.91. The molecule has 0 aliphatic heterocycles. The molecule has 0 aliphatic carbocycles. The first-order valence-corrected chi connectivity index (χ1v) is 5.33. The lowest BCUT2D eigenvalue weighted by molar-refractivity contribution is 0.0697. The van der Waals surface area contributed by atoms with Crippen LogP contribution in [0.2, 0.25) is 0 Å². The van der Waals surface area contributed by atoms with Crippen LogP contribution in [0.3, 0.4) is 0 Å². The molecule has 0 saturated heterocycles. The van der Waals surface area contributed by atoms with Gasteiger partial charge in [0.05, 0.1) is 5.56 Å². The van der Waals surface area contributed by atoms with Gasteiger partial charge >= 0.3 is 5.97 Å². The third kappa shape index (κ3) is 2.22. The minimum atomic E-state index is -0.921. The number of rotatable bonds is 3. The second kappa shape index (κ2) is 4.36. The number of aryl methyl sites for hydroxylation is 1. The van der Waals surface area contributed by atoms with E-state index in [0.29, 0.717) is 0 Å². The number of hydrogen-bond donors (Lipinski definition) is 1. The summed E-state index contributed by atoms with van der Waals surface area (Å²) < 4.78 is 1.80. The molecule has 0 amide bonds. The highest BCUT2D eigenvalue weighted by Crippen LogP contribution is 2.25. The van der Waals surface area contributed by atoms with E-state index in [4.69, 9.17) is 5.11 Å². The van der Waals surface area contributed by atoms with Gasteiger partial charge in [0.15, 0.2) is 5.16 Å². The van der Waals surface area contributed by atoms with Crippen molar-refractivity contribution in [2.24, 2.45) is 7.05 Å². The molecule has 16 heavy (non-hydrogen) atoms. The lowest BCUT2D eigenvalue weighted by atomic mass is 10.2. The Hall–Kier alpha value is -1.82. The highest BCUT2D eigenvalue weighted by Gasteiger charge is 2.05. The Bertz CT molecular complexity index is 507. The van der Waals surface area contributed by atoms with Crippen LogP contribution >= 0.6 is 11.8 Å². The van der Waals surface area contributed by atoms with Gasteiger partial charge in [-0.2, -0.15) is 0 Å². The molecule has 2 rings (SSSR count). The molecule has 5 nitrogen and oxygen atoms in total. The zero-order valence-corrected chi connectivity index (χ0v) is 9.31. The van der Waals surface area contributed by atoms with Gasteiger partial charge in [-0.25, -0.2) is 4.79 Å². The van der Waals surface area contributed by atoms with Gasteiger partial charge in [-0.1, -0.05) is 0 Å². The van der Waals surface area contributed by atoms with Crippen molar-refractivity contribution in [1.82, 2.24) is 14.8 Å². The molecule has 82 valence electrons. The molecule has 1 aromatic heterocycles. The third-order valence-electron chi connectivity index (χ3n) is 1.98. The molecule has 6 heteroatoms. The Morgan fingerprint density at radius 2 is 2.06 bits per heavy atom. The van der Waals surface area contributed by atoms with Crippen LogP contribution < -0.4 is 0 Å². The van der Waals surface area contributed by atoms with Crippen molar-refractivity contribution in [2.75, 3.05) is 0 Å². The van der Waals surface area contributed by atoms with Crippen molar-refractivity contribution in [2.45, 2.75) is 10.1 Å². The van der Waals surface area contributed by atoms with Crippen LogP contribution in [-0.4, -0.2) is 25.8 Å². The lowest BCUT2D eigenvalue weighted by Crippen LogP contribution is -1.95. The van der Waals surface area contributed by atoms with Gasteiger partial charge in [0.2, 0.25) is 0 Å². The first-order valence-electron chi connectivity index (χ1n) is 4.52. The van der Waals surface area contributed by atoms with E-state index in [9.17, 15) is 4.79 Å². The summed E-state index contributed by atoms with van der Waals surface area (Å²) in [5.74, 6) is -0.921. The summed E-state index contributed by atoms with van der Waals surface area (Å²) in [7, 11) is 1.86. The lowest BCUT2D eigenvalue weighted by Gasteiger charge is -2.00. The number of hydrogen-bond acceptors (Lipinski definition) is 4. The predicted octanol–water partition coefficient (Wildman–Crippen LogP) is 1.66. The second-order valence-corrected chi connectivity index (χ2v) is 4.20. The first kappa shape index (κ1) is 10.7. The molecule has 1 heterocycles. The average molecular weight is 235 g/mol. The van der Waals surface area contributed by atoms with Crippen LogP contribution in [0, 0.1) is 0 Å². The van der Waals surface area contributed by atoms with E-state index < -0.39 is 5.97 Å². The normalized spacial score (nSPS) is 10.3. The Morgan fingerprint density at radius 1 is 1.38 bits per heavy atom. The first-order chi connectivity index (χ1) is 7.66. The SMILES string of the molecule is Cn1cnnc1Sc1ccc(C(=O)O)cc1. The molecule has 0 saturated carbocycles. The maximum absolute atomic E-state index is 10.7. The Labute approximate surface area is 96.1 Å². The largest absolute Gasteiger partial charge is 0.478 e. The van der Waals surface area contributed by atoms with Crippen molar-refractivity contribution >= 4 is 17.7 Å². The highest BCUT2D eigenvalue weighted by atomic mass is 32.2. The number of aromatic nitrogens is 3. The topological polar surface area (TPSA) is 68.0 Å². The van der Waals surface area contributed by atoms with E-state index in [-0.39, 0.29) is 5.56 Å². The minimum Gasteiger partial charge on any atom is -0.478 e. The van der Waals surface area contributed by atoms with Gasteiger partial charge < -0.3 is 9.67 Å². The van der Waals surface area contributed by atoms with Gasteiger partial charge in [0.1, 0.15) is 6.33 Å². The van der Waals surface area contributed by atoms with Gasteiger partial charge in [-0.3, -0.25) is 0 Å². The van der Waals surface area contributed by atoms with E-state index in [0.717, 1.165) is 10.1 Å². The summed E-state index contributed by atoms with van der Waals surface area (Å²) in [6.07, 6.45) is 1.62. The number of carboxylic acids is 1. The van der Waals surface area contributed by atoms with Crippen molar-refractivity contribution in [1.29, 1.82) is 0 Å². The van der Waals surface area contributed by atoms with Crippen LogP contribution in [0.4, 0.5) is 0 Å². The van der Waals surface area contributed by atoms with Crippen LogP contribution in [0.15, 0.2) is 40.6 Å². The number of aromatic carboxylic acids is 1. The summed E-state index contributed by atoms with van der Waals surface area (Å²) in [6.45, 7) is 0. The molecule has 0 atom stereocenters. The fraction of sp³-hybridized carbons (Fsp3) is 0.100. The van der Waals surface area contributed by atoms with E-state index >= 15 is 0 Å². The van der Waals surface area contributed by atoms with Gasteiger partial charge in [0.25, 0.3) is 0 Å². The smallest absolute Gasteiger partial charge is 0.335 e. The number of benzene rings is 1. The van der Waals surface area contributed by atoms with Crippen molar-refractivity contribution in [3.8, 4) is 0 Å². The summed E-state index contributed by atoms with van der Waals surface area (Å²) in [6, 6.07) is 6.65. The van der Waals surface area contributed by atoms with Crippen LogP contribution in [0.5, 0.6) is 0 Å². The summed E-state index contributed by atoms with van der Waals surface area (Å²) >= 11 is 1.44. The molecular weight excluding hydrogens is 226 g/mol. The number of carboxylic acid groups (broad SMARTS) is 1.